The zero-order valence-electron chi connectivity index (χ0n) is 9.99. The summed E-state index contributed by atoms with van der Waals surface area (Å²) in [5.74, 6) is -3.69. The SMILES string of the molecule is Fc1c(C(F)(F)F)c(C(F)(F)F)cc(C(F)(F)F)c1C(F)(F)F. The summed E-state index contributed by atoms with van der Waals surface area (Å²) < 4.78 is 163. The van der Waals surface area contributed by atoms with E-state index in [1.54, 1.807) is 0 Å². The molecule has 0 fully saturated rings. The van der Waals surface area contributed by atoms with Gasteiger partial charge in [0.15, 0.2) is 0 Å². The number of benzene rings is 1. The first-order chi connectivity index (χ1) is 9.88. The van der Waals surface area contributed by atoms with Gasteiger partial charge in [-0.05, 0) is 6.07 Å². The molecule has 0 aliphatic carbocycles. The van der Waals surface area contributed by atoms with Crippen molar-refractivity contribution in [3.8, 4) is 0 Å². The zero-order valence-corrected chi connectivity index (χ0v) is 9.99. The van der Waals surface area contributed by atoms with Crippen LogP contribution < -0.4 is 0 Å². The number of halogens is 13. The molecule has 13 heteroatoms. The van der Waals surface area contributed by atoms with E-state index in [1.807, 2.05) is 0 Å². The van der Waals surface area contributed by atoms with E-state index in [1.165, 1.54) is 0 Å². The molecule has 132 valence electrons. The van der Waals surface area contributed by atoms with Gasteiger partial charge < -0.3 is 0 Å². The van der Waals surface area contributed by atoms with Crippen LogP contribution in [0.3, 0.4) is 0 Å². The predicted molar refractivity (Wildman–Crippen MR) is 46.4 cm³/mol. The van der Waals surface area contributed by atoms with Gasteiger partial charge in [0.25, 0.3) is 0 Å². The van der Waals surface area contributed by atoms with E-state index in [0.717, 1.165) is 0 Å². The third-order valence-electron chi connectivity index (χ3n) is 2.44. The molecule has 1 aromatic carbocycles. The predicted octanol–water partition coefficient (Wildman–Crippen LogP) is 5.90. The highest BCUT2D eigenvalue weighted by Gasteiger charge is 2.53. The van der Waals surface area contributed by atoms with Crippen molar-refractivity contribution < 1.29 is 57.1 Å². The van der Waals surface area contributed by atoms with Crippen LogP contribution in [0.5, 0.6) is 0 Å². The maximum Gasteiger partial charge on any atom is 0.419 e. The van der Waals surface area contributed by atoms with Crippen molar-refractivity contribution in [1.82, 2.24) is 0 Å². The molecule has 0 unspecified atom stereocenters. The molecule has 0 spiro atoms. The molecule has 0 aromatic heterocycles. The largest absolute Gasteiger partial charge is 0.419 e. The Bertz CT molecular complexity index is 545. The second-order valence-corrected chi connectivity index (χ2v) is 4.03. The van der Waals surface area contributed by atoms with Gasteiger partial charge in [0, 0.05) is 0 Å². The number of hydrogen-bond acceptors (Lipinski definition) is 0. The third kappa shape index (κ3) is 3.80. The summed E-state index contributed by atoms with van der Waals surface area (Å²) in [7, 11) is 0. The summed E-state index contributed by atoms with van der Waals surface area (Å²) >= 11 is 0. The van der Waals surface area contributed by atoms with Crippen LogP contribution in [0, 0.1) is 5.82 Å². The van der Waals surface area contributed by atoms with Crippen LogP contribution in [0.4, 0.5) is 57.1 Å². The monoisotopic (exact) mass is 368 g/mol. The Labute approximate surface area is 117 Å². The molecule has 0 N–H and O–H groups in total. The Morgan fingerprint density at radius 1 is 0.478 bits per heavy atom. The van der Waals surface area contributed by atoms with E-state index in [0.29, 0.717) is 0 Å². The molecule has 1 rings (SSSR count). The van der Waals surface area contributed by atoms with Gasteiger partial charge in [-0.3, -0.25) is 0 Å². The maximum atomic E-state index is 13.4. The van der Waals surface area contributed by atoms with E-state index in [9.17, 15) is 57.1 Å². The van der Waals surface area contributed by atoms with E-state index in [4.69, 9.17) is 0 Å². The Hall–Kier alpha value is -1.69. The zero-order chi connectivity index (χ0) is 18.6. The molecule has 0 aliphatic heterocycles. The fourth-order valence-electron chi connectivity index (χ4n) is 1.65. The quantitative estimate of drug-likeness (QED) is 0.500. The molecule has 1 aromatic rings. The van der Waals surface area contributed by atoms with Gasteiger partial charge in [-0.15, -0.1) is 0 Å². The lowest BCUT2D eigenvalue weighted by Gasteiger charge is -2.23. The second-order valence-electron chi connectivity index (χ2n) is 4.03. The van der Waals surface area contributed by atoms with Crippen LogP contribution in [0.1, 0.15) is 22.3 Å². The van der Waals surface area contributed by atoms with Gasteiger partial charge in [0.1, 0.15) is 16.9 Å². The molecule has 23 heavy (non-hydrogen) atoms. The summed E-state index contributed by atoms with van der Waals surface area (Å²) in [6.07, 6.45) is -25.0. The molecule has 0 nitrogen and oxygen atoms in total. The van der Waals surface area contributed by atoms with Gasteiger partial charge in [0.05, 0.1) is 11.1 Å². The van der Waals surface area contributed by atoms with Crippen molar-refractivity contribution in [2.24, 2.45) is 0 Å². The lowest BCUT2D eigenvalue weighted by atomic mass is 9.95. The normalized spacial score (nSPS) is 14.3. The summed E-state index contributed by atoms with van der Waals surface area (Å²) in [5.41, 5.74) is -13.3. The van der Waals surface area contributed by atoms with Gasteiger partial charge in [0.2, 0.25) is 0 Å². The van der Waals surface area contributed by atoms with E-state index in [2.05, 4.69) is 0 Å². The first-order valence-corrected chi connectivity index (χ1v) is 5.03. The molecule has 0 radical (unpaired) electrons. The highest BCUT2D eigenvalue weighted by atomic mass is 19.4. The van der Waals surface area contributed by atoms with Crippen LogP contribution in [-0.4, -0.2) is 0 Å². The smallest absolute Gasteiger partial charge is 0.206 e. The van der Waals surface area contributed by atoms with Crippen molar-refractivity contribution in [2.45, 2.75) is 24.7 Å². The molecule has 0 saturated heterocycles. The highest BCUT2D eigenvalue weighted by Crippen LogP contribution is 2.49. The Morgan fingerprint density at radius 3 is 0.913 bits per heavy atom. The summed E-state index contributed by atoms with van der Waals surface area (Å²) in [6.45, 7) is 0. The molecular weight excluding hydrogens is 367 g/mol. The number of hydrogen-bond donors (Lipinski definition) is 0. The number of rotatable bonds is 0. The average molecular weight is 368 g/mol. The highest BCUT2D eigenvalue weighted by molar-refractivity contribution is 5.45. The molecule has 0 aliphatic rings. The minimum Gasteiger partial charge on any atom is -0.206 e. The Kier molecular flexibility index (Phi) is 4.34. The average Bonchev–Trinajstić information content (AvgIpc) is 2.20. The third-order valence-corrected chi connectivity index (χ3v) is 2.44. The molecule has 0 saturated carbocycles. The van der Waals surface area contributed by atoms with Crippen LogP contribution in [-0.2, 0) is 24.7 Å². The lowest BCUT2D eigenvalue weighted by Crippen LogP contribution is -2.26. The summed E-state index contributed by atoms with van der Waals surface area (Å²) in [4.78, 5) is 0. The van der Waals surface area contributed by atoms with Gasteiger partial charge in [-0.25, -0.2) is 4.39 Å². The van der Waals surface area contributed by atoms with Crippen LogP contribution in [0.2, 0.25) is 0 Å². The van der Waals surface area contributed by atoms with Gasteiger partial charge in [-0.1, -0.05) is 0 Å². The molecule has 0 heterocycles. The first-order valence-electron chi connectivity index (χ1n) is 5.03. The van der Waals surface area contributed by atoms with Crippen molar-refractivity contribution >= 4 is 0 Å². The van der Waals surface area contributed by atoms with E-state index in [-0.39, 0.29) is 0 Å². The van der Waals surface area contributed by atoms with E-state index >= 15 is 0 Å². The molecule has 0 atom stereocenters. The summed E-state index contributed by atoms with van der Waals surface area (Å²) in [5, 5.41) is 0. The van der Waals surface area contributed by atoms with Crippen molar-refractivity contribution in [3.63, 3.8) is 0 Å². The second kappa shape index (κ2) is 5.16. The van der Waals surface area contributed by atoms with Crippen LogP contribution >= 0.6 is 0 Å². The minimum absolute atomic E-state index is 1.41. The summed E-state index contributed by atoms with van der Waals surface area (Å²) in [6, 6.07) is -1.41. The van der Waals surface area contributed by atoms with Crippen molar-refractivity contribution in [1.29, 1.82) is 0 Å². The number of alkyl halides is 12. The van der Waals surface area contributed by atoms with Crippen LogP contribution in [0.25, 0.3) is 0 Å². The minimum atomic E-state index is -6.31. The van der Waals surface area contributed by atoms with Crippen LogP contribution in [0.15, 0.2) is 6.07 Å². The Balaban J connectivity index is 4.09. The molecule has 0 amide bonds. The van der Waals surface area contributed by atoms with E-state index < -0.39 is 58.8 Å². The standard InChI is InChI=1S/C10HF13/c11-6-4(9(18,19)20)2(7(12,13)14)1-3(8(15,16)17)5(6)10(21,22)23/h1H. The topological polar surface area (TPSA) is 0 Å². The van der Waals surface area contributed by atoms with Gasteiger partial charge in [-0.2, -0.15) is 52.7 Å². The maximum absolute atomic E-state index is 13.4. The van der Waals surface area contributed by atoms with Crippen molar-refractivity contribution in [2.75, 3.05) is 0 Å². The first kappa shape index (κ1) is 19.4. The Morgan fingerprint density at radius 2 is 0.739 bits per heavy atom. The lowest BCUT2D eigenvalue weighted by molar-refractivity contribution is -0.174. The van der Waals surface area contributed by atoms with Crippen molar-refractivity contribution in [3.05, 3.63) is 34.1 Å². The fourth-order valence-corrected chi connectivity index (χ4v) is 1.65. The van der Waals surface area contributed by atoms with Gasteiger partial charge >= 0.3 is 24.7 Å². The fraction of sp³-hybridized carbons (Fsp3) is 0.400. The molecular formula is C10HF13. The molecule has 0 bridgehead atoms.